The maximum Gasteiger partial charge on any atom is -0.0103 e. The number of fused-ring (bicyclic) bond motifs is 3. The van der Waals surface area contributed by atoms with Crippen LogP contribution < -0.4 is 0 Å². The van der Waals surface area contributed by atoms with E-state index in [1.165, 1.54) is 82.4 Å². The van der Waals surface area contributed by atoms with Crippen molar-refractivity contribution in [1.82, 2.24) is 0 Å². The molecule has 0 amide bonds. The molecule has 186 valence electrons. The molecule has 0 nitrogen and oxygen atoms in total. The van der Waals surface area contributed by atoms with Crippen LogP contribution in [0, 0.1) is 20.8 Å². The van der Waals surface area contributed by atoms with Crippen LogP contribution in [0.2, 0.25) is 0 Å². The fourth-order valence-electron chi connectivity index (χ4n) is 6.20. The molecule has 0 aliphatic rings. The van der Waals surface area contributed by atoms with Gasteiger partial charge in [0.2, 0.25) is 0 Å². The minimum atomic E-state index is 1.24. The van der Waals surface area contributed by atoms with E-state index in [4.69, 9.17) is 0 Å². The summed E-state index contributed by atoms with van der Waals surface area (Å²) in [7, 11) is 0. The van der Waals surface area contributed by atoms with Crippen molar-refractivity contribution in [3.8, 4) is 33.4 Å². The Balaban J connectivity index is 1.57. The molecular formula is C39H30. The van der Waals surface area contributed by atoms with Crippen LogP contribution in [0.1, 0.15) is 16.7 Å². The Morgan fingerprint density at radius 3 is 0.821 bits per heavy atom. The van der Waals surface area contributed by atoms with Gasteiger partial charge in [-0.15, -0.1) is 0 Å². The third kappa shape index (κ3) is 3.92. The third-order valence-corrected chi connectivity index (χ3v) is 8.29. The third-order valence-electron chi connectivity index (χ3n) is 8.29. The first-order valence-electron chi connectivity index (χ1n) is 13.7. The molecule has 0 unspecified atom stereocenters. The van der Waals surface area contributed by atoms with Crippen molar-refractivity contribution in [3.63, 3.8) is 0 Å². The molecule has 7 rings (SSSR count). The molecule has 0 N–H and O–H groups in total. The molecular weight excluding hydrogens is 468 g/mol. The zero-order valence-electron chi connectivity index (χ0n) is 22.6. The van der Waals surface area contributed by atoms with Gasteiger partial charge < -0.3 is 0 Å². The Kier molecular flexibility index (Phi) is 5.56. The van der Waals surface area contributed by atoms with Crippen molar-refractivity contribution in [3.05, 3.63) is 144 Å². The van der Waals surface area contributed by atoms with Crippen molar-refractivity contribution in [1.29, 1.82) is 0 Å². The summed E-state index contributed by atoms with van der Waals surface area (Å²) in [5.41, 5.74) is 11.5. The lowest BCUT2D eigenvalue weighted by Gasteiger charge is -2.17. The average Bonchev–Trinajstić information content (AvgIpc) is 2.98. The molecule has 0 heteroatoms. The highest BCUT2D eigenvalue weighted by Crippen LogP contribution is 2.40. The molecule has 0 atom stereocenters. The van der Waals surface area contributed by atoms with Gasteiger partial charge in [0.25, 0.3) is 0 Å². The van der Waals surface area contributed by atoms with E-state index < -0.39 is 0 Å². The molecule has 0 aliphatic carbocycles. The van der Waals surface area contributed by atoms with Crippen LogP contribution in [0.15, 0.2) is 127 Å². The van der Waals surface area contributed by atoms with Crippen LogP contribution in [0.3, 0.4) is 0 Å². The van der Waals surface area contributed by atoms with Gasteiger partial charge in [0.1, 0.15) is 0 Å². The fraction of sp³-hybridized carbons (Fsp3) is 0.0769. The van der Waals surface area contributed by atoms with E-state index >= 15 is 0 Å². The van der Waals surface area contributed by atoms with Crippen LogP contribution >= 0.6 is 0 Å². The summed E-state index contributed by atoms with van der Waals surface area (Å²) in [6, 6.07) is 47.1. The maximum atomic E-state index is 2.38. The van der Waals surface area contributed by atoms with Gasteiger partial charge in [0, 0.05) is 0 Å². The molecule has 0 aliphatic heterocycles. The number of aryl methyl sites for hydroxylation is 3. The van der Waals surface area contributed by atoms with Gasteiger partial charge in [-0.25, -0.2) is 0 Å². The summed E-state index contributed by atoms with van der Waals surface area (Å²) >= 11 is 0. The Hall–Kier alpha value is -4.68. The van der Waals surface area contributed by atoms with E-state index in [1.54, 1.807) is 0 Å². The number of hydrogen-bond acceptors (Lipinski definition) is 0. The Bertz CT molecular complexity index is 1790. The summed E-state index contributed by atoms with van der Waals surface area (Å²) in [5.74, 6) is 0. The second-order valence-electron chi connectivity index (χ2n) is 10.7. The first kappa shape index (κ1) is 23.4. The minimum Gasteiger partial charge on any atom is -0.0616 e. The van der Waals surface area contributed by atoms with Crippen LogP contribution in [-0.2, 0) is 0 Å². The largest absolute Gasteiger partial charge is 0.0616 e. The van der Waals surface area contributed by atoms with Crippen molar-refractivity contribution < 1.29 is 0 Å². The lowest BCUT2D eigenvalue weighted by Crippen LogP contribution is -1.91. The monoisotopic (exact) mass is 498 g/mol. The standard InChI is InChI=1S/C39H30/c1-25-16-19-34(37-13-7-4-10-31(25)37)28-22-29(35-20-17-26(2)32-11-5-8-14-38(32)35)24-30(23-28)36-21-18-27(3)33-12-6-9-15-39(33)36/h4-24H,1-3H3. The van der Waals surface area contributed by atoms with E-state index in [1.807, 2.05) is 0 Å². The predicted octanol–water partition coefficient (Wildman–Crippen LogP) is 11.1. The lowest BCUT2D eigenvalue weighted by atomic mass is 9.87. The normalized spacial score (nSPS) is 11.5. The topological polar surface area (TPSA) is 0 Å². The van der Waals surface area contributed by atoms with E-state index in [2.05, 4.69) is 148 Å². The molecule has 7 aromatic rings. The minimum absolute atomic E-state index is 1.24. The molecule has 0 aromatic heterocycles. The van der Waals surface area contributed by atoms with E-state index in [9.17, 15) is 0 Å². The zero-order chi connectivity index (χ0) is 26.5. The summed E-state index contributed by atoms with van der Waals surface area (Å²) in [5, 5.41) is 7.81. The first-order valence-corrected chi connectivity index (χ1v) is 13.7. The van der Waals surface area contributed by atoms with Crippen molar-refractivity contribution in [2.75, 3.05) is 0 Å². The fourth-order valence-corrected chi connectivity index (χ4v) is 6.20. The van der Waals surface area contributed by atoms with Gasteiger partial charge in [-0.1, -0.05) is 109 Å². The van der Waals surface area contributed by atoms with Gasteiger partial charge in [-0.3, -0.25) is 0 Å². The second kappa shape index (κ2) is 9.26. The quantitative estimate of drug-likeness (QED) is 0.227. The number of rotatable bonds is 3. The summed E-state index contributed by atoms with van der Waals surface area (Å²) in [6.45, 7) is 6.60. The molecule has 0 heterocycles. The molecule has 7 aromatic carbocycles. The molecule has 0 spiro atoms. The summed E-state index contributed by atoms with van der Waals surface area (Å²) in [4.78, 5) is 0. The highest BCUT2D eigenvalue weighted by atomic mass is 14.2. The van der Waals surface area contributed by atoms with E-state index in [-0.39, 0.29) is 0 Å². The van der Waals surface area contributed by atoms with Crippen LogP contribution in [0.4, 0.5) is 0 Å². The molecule has 39 heavy (non-hydrogen) atoms. The molecule has 0 radical (unpaired) electrons. The van der Waals surface area contributed by atoms with Gasteiger partial charge in [-0.2, -0.15) is 0 Å². The summed E-state index contributed by atoms with van der Waals surface area (Å²) in [6.07, 6.45) is 0. The molecule has 0 bridgehead atoms. The zero-order valence-corrected chi connectivity index (χ0v) is 22.6. The molecule has 0 saturated carbocycles. The number of benzene rings is 7. The highest BCUT2D eigenvalue weighted by molar-refractivity contribution is 6.05. The van der Waals surface area contributed by atoms with Gasteiger partial charge in [-0.05, 0) is 121 Å². The smallest absolute Gasteiger partial charge is 0.0103 e. The Morgan fingerprint density at radius 2 is 0.538 bits per heavy atom. The predicted molar refractivity (Wildman–Crippen MR) is 169 cm³/mol. The van der Waals surface area contributed by atoms with E-state index in [0.717, 1.165) is 0 Å². The molecule has 0 fully saturated rings. The van der Waals surface area contributed by atoms with Gasteiger partial charge in [0.15, 0.2) is 0 Å². The highest BCUT2D eigenvalue weighted by Gasteiger charge is 2.14. The SMILES string of the molecule is Cc1ccc(-c2cc(-c3ccc(C)c4ccccc34)cc(-c3ccc(C)c4ccccc34)c2)c2ccccc12. The average molecular weight is 499 g/mol. The van der Waals surface area contributed by atoms with Crippen LogP contribution in [0.5, 0.6) is 0 Å². The van der Waals surface area contributed by atoms with Crippen LogP contribution in [-0.4, -0.2) is 0 Å². The Labute approximate surface area is 230 Å². The Morgan fingerprint density at radius 1 is 0.282 bits per heavy atom. The molecule has 0 saturated heterocycles. The number of hydrogen-bond donors (Lipinski definition) is 0. The second-order valence-corrected chi connectivity index (χ2v) is 10.7. The van der Waals surface area contributed by atoms with Gasteiger partial charge in [0.05, 0.1) is 0 Å². The first-order chi connectivity index (χ1) is 19.1. The van der Waals surface area contributed by atoms with Crippen LogP contribution in [0.25, 0.3) is 65.7 Å². The lowest BCUT2D eigenvalue weighted by molar-refractivity contribution is 1.51. The summed E-state index contributed by atoms with van der Waals surface area (Å²) < 4.78 is 0. The van der Waals surface area contributed by atoms with Gasteiger partial charge >= 0.3 is 0 Å². The van der Waals surface area contributed by atoms with Crippen molar-refractivity contribution in [2.45, 2.75) is 20.8 Å². The maximum absolute atomic E-state index is 2.38. The van der Waals surface area contributed by atoms with E-state index in [0.29, 0.717) is 0 Å². The van der Waals surface area contributed by atoms with Crippen molar-refractivity contribution in [2.24, 2.45) is 0 Å². The van der Waals surface area contributed by atoms with Crippen molar-refractivity contribution >= 4 is 32.3 Å².